The van der Waals surface area contributed by atoms with Crippen LogP contribution in [0.25, 0.3) is 0 Å². The molecule has 0 spiro atoms. The molecule has 33 heavy (non-hydrogen) atoms. The maximum absolute atomic E-state index is 11.2. The van der Waals surface area contributed by atoms with Crippen molar-refractivity contribution in [3.8, 4) is 0 Å². The molecule has 188 valence electrons. The van der Waals surface area contributed by atoms with Crippen LogP contribution in [0.4, 0.5) is 11.4 Å². The monoisotopic (exact) mass is 614 g/mol. The first-order valence-electron chi connectivity index (χ1n) is 9.34. The zero-order chi connectivity index (χ0) is 24.1. The van der Waals surface area contributed by atoms with Crippen molar-refractivity contribution in [1.29, 1.82) is 0 Å². The van der Waals surface area contributed by atoms with Crippen molar-refractivity contribution in [1.82, 2.24) is 0 Å². The summed E-state index contributed by atoms with van der Waals surface area (Å²) < 4.78 is 9.89. The number of carbonyl (C=O) groups excluding carboxylic acids is 2. The van der Waals surface area contributed by atoms with Gasteiger partial charge in [-0.3, -0.25) is 0 Å². The highest BCUT2D eigenvalue weighted by atomic mass is 127. The van der Waals surface area contributed by atoms with E-state index < -0.39 is 5.97 Å². The fourth-order valence-electron chi connectivity index (χ4n) is 1.96. The molecule has 9 heteroatoms. The van der Waals surface area contributed by atoms with E-state index in [1.807, 2.05) is 13.8 Å². The van der Waals surface area contributed by atoms with Gasteiger partial charge in [0.05, 0.1) is 46.8 Å². The summed E-state index contributed by atoms with van der Waals surface area (Å²) in [6.45, 7) is 8.34. The number of hydrogen-bond donors (Lipinski definition) is 2. The minimum absolute atomic E-state index is 0. The number of esters is 2. The number of anilines is 2. The number of nitrogens with two attached hydrogens (primary N) is 1. The van der Waals surface area contributed by atoms with Crippen LogP contribution in [0.5, 0.6) is 0 Å². The molecule has 0 aliphatic rings. The maximum atomic E-state index is 11.2. The Morgan fingerprint density at radius 3 is 1.61 bits per heavy atom. The van der Waals surface area contributed by atoms with Gasteiger partial charge < -0.3 is 20.5 Å². The predicted molar refractivity (Wildman–Crippen MR) is 151 cm³/mol. The Morgan fingerprint density at radius 2 is 1.27 bits per heavy atom. The fourth-order valence-corrected chi connectivity index (χ4v) is 2.38. The lowest BCUT2D eigenvalue weighted by Crippen LogP contribution is -2.10. The van der Waals surface area contributed by atoms with Crippen molar-refractivity contribution in [2.75, 3.05) is 25.3 Å². The van der Waals surface area contributed by atoms with Gasteiger partial charge in [-0.2, -0.15) is 0 Å². The quantitative estimate of drug-likeness (QED) is 0.158. The van der Waals surface area contributed by atoms with Crippen LogP contribution in [0.2, 0.25) is 10.0 Å². The molecule has 0 amide bonds. The molecular formula is C24H37Cl2IN2O4. The van der Waals surface area contributed by atoms with E-state index in [1.165, 1.54) is 20.3 Å². The third-order valence-electron chi connectivity index (χ3n) is 3.26. The van der Waals surface area contributed by atoms with Crippen LogP contribution in [-0.4, -0.2) is 36.1 Å². The summed E-state index contributed by atoms with van der Waals surface area (Å²) in [5.41, 5.74) is 7.57. The summed E-state index contributed by atoms with van der Waals surface area (Å²) in [5.74, 6) is -0.801. The largest absolute Gasteiger partial charge is 0.465 e. The molecule has 0 heterocycles. The Hall–Kier alpha value is -1.71. The van der Waals surface area contributed by atoms with Crippen molar-refractivity contribution in [2.24, 2.45) is 0 Å². The van der Waals surface area contributed by atoms with Crippen molar-refractivity contribution in [2.45, 2.75) is 52.5 Å². The lowest BCUT2D eigenvalue weighted by Gasteiger charge is -2.12. The number of ether oxygens (including phenoxy) is 2. The van der Waals surface area contributed by atoms with Gasteiger partial charge in [-0.05, 0) is 50.2 Å². The summed E-state index contributed by atoms with van der Waals surface area (Å²) in [4.78, 5) is 22.2. The maximum Gasteiger partial charge on any atom is 0.337 e. The third kappa shape index (κ3) is 14.9. The van der Waals surface area contributed by atoms with Gasteiger partial charge in [0.1, 0.15) is 0 Å². The number of alkyl halides is 1. The molecule has 0 radical (unpaired) electrons. The van der Waals surface area contributed by atoms with E-state index in [-0.39, 0.29) is 20.8 Å². The lowest BCUT2D eigenvalue weighted by atomic mass is 10.2. The molecule has 0 atom stereocenters. The second-order valence-electron chi connectivity index (χ2n) is 6.73. The Labute approximate surface area is 222 Å². The molecule has 0 aromatic heterocycles. The first-order valence-corrected chi connectivity index (χ1v) is 11.3. The van der Waals surface area contributed by atoms with E-state index in [2.05, 4.69) is 51.2 Å². The second-order valence-corrected chi connectivity index (χ2v) is 10.0. The van der Waals surface area contributed by atoms with Gasteiger partial charge in [-0.1, -0.05) is 74.5 Å². The number of benzene rings is 2. The first-order chi connectivity index (χ1) is 14.4. The van der Waals surface area contributed by atoms with E-state index in [9.17, 15) is 9.59 Å². The van der Waals surface area contributed by atoms with E-state index >= 15 is 0 Å². The Kier molecular flexibility index (Phi) is 20.3. The van der Waals surface area contributed by atoms with Crippen LogP contribution in [0, 0.1) is 0 Å². The highest BCUT2D eigenvalue weighted by Gasteiger charge is 2.09. The van der Waals surface area contributed by atoms with Crippen LogP contribution >= 0.6 is 45.8 Å². The normalized spacial score (nSPS) is 9.18. The second kappa shape index (κ2) is 18.7. The van der Waals surface area contributed by atoms with Gasteiger partial charge in [0.15, 0.2) is 0 Å². The van der Waals surface area contributed by atoms with Gasteiger partial charge in [-0.15, -0.1) is 0 Å². The van der Waals surface area contributed by atoms with Crippen LogP contribution < -0.4 is 11.1 Å². The molecule has 3 N–H and O–H groups in total. The molecule has 0 aliphatic carbocycles. The summed E-state index contributed by atoms with van der Waals surface area (Å²) >= 11 is 14.0. The topological polar surface area (TPSA) is 90.7 Å². The lowest BCUT2D eigenvalue weighted by molar-refractivity contribution is 0.0592. The molecule has 6 nitrogen and oxygen atoms in total. The molecule has 2 aromatic carbocycles. The van der Waals surface area contributed by atoms with E-state index in [0.717, 1.165) is 9.61 Å². The predicted octanol–water partition coefficient (Wildman–Crippen LogP) is 7.76. The number of rotatable bonds is 4. The summed E-state index contributed by atoms with van der Waals surface area (Å²) in [6.07, 6.45) is 0. The van der Waals surface area contributed by atoms with E-state index in [1.54, 1.807) is 30.3 Å². The highest BCUT2D eigenvalue weighted by Crippen LogP contribution is 2.24. The van der Waals surface area contributed by atoms with Crippen molar-refractivity contribution >= 4 is 69.1 Å². The zero-order valence-corrected chi connectivity index (χ0v) is 22.1. The van der Waals surface area contributed by atoms with Gasteiger partial charge >= 0.3 is 11.9 Å². The molecule has 0 fully saturated rings. The molecule has 0 aliphatic heterocycles. The average molecular weight is 615 g/mol. The summed E-state index contributed by atoms with van der Waals surface area (Å²) in [6, 6.07) is 9.95. The van der Waals surface area contributed by atoms with Crippen molar-refractivity contribution in [3.63, 3.8) is 0 Å². The molecule has 0 bridgehead atoms. The van der Waals surface area contributed by atoms with Crippen molar-refractivity contribution < 1.29 is 19.1 Å². The molecule has 0 saturated heterocycles. The van der Waals surface area contributed by atoms with E-state index in [0.29, 0.717) is 32.9 Å². The minimum Gasteiger partial charge on any atom is -0.465 e. The first kappa shape index (κ1) is 35.9. The third-order valence-corrected chi connectivity index (χ3v) is 3.90. The smallest absolute Gasteiger partial charge is 0.337 e. The number of nitrogens with one attached hydrogen (secondary N) is 1. The van der Waals surface area contributed by atoms with Gasteiger partial charge in [0.2, 0.25) is 0 Å². The van der Waals surface area contributed by atoms with Crippen molar-refractivity contribution in [3.05, 3.63) is 57.6 Å². The minimum atomic E-state index is -0.420. The van der Waals surface area contributed by atoms with E-state index in [4.69, 9.17) is 28.9 Å². The van der Waals surface area contributed by atoms with Gasteiger partial charge in [0.25, 0.3) is 0 Å². The summed E-state index contributed by atoms with van der Waals surface area (Å²) in [5, 5.41) is 4.05. The van der Waals surface area contributed by atoms with Gasteiger partial charge in [0, 0.05) is 9.97 Å². The Morgan fingerprint density at radius 1 is 0.879 bits per heavy atom. The SMILES string of the molecule is C.C.CC(C)I.COC(=O)c1ccc(N)c(Cl)c1.COC(=O)c1ccc(NC(C)C)c(Cl)c1. The zero-order valence-electron chi connectivity index (χ0n) is 18.5. The molecular weight excluding hydrogens is 578 g/mol. The highest BCUT2D eigenvalue weighted by molar-refractivity contribution is 14.1. The molecule has 2 rings (SSSR count). The fraction of sp³-hybridized carbons (Fsp3) is 0.417. The number of methoxy groups -OCH3 is 2. The number of halogens is 3. The van der Waals surface area contributed by atoms with Gasteiger partial charge in [-0.25, -0.2) is 9.59 Å². The summed E-state index contributed by atoms with van der Waals surface area (Å²) in [7, 11) is 2.66. The average Bonchev–Trinajstić information content (AvgIpc) is 2.70. The molecule has 2 aromatic rings. The van der Waals surface area contributed by atoms with Crippen LogP contribution in [0.3, 0.4) is 0 Å². The number of carbonyl (C=O) groups is 2. The van der Waals surface area contributed by atoms with Crippen LogP contribution in [0.15, 0.2) is 36.4 Å². The number of hydrogen-bond acceptors (Lipinski definition) is 6. The van der Waals surface area contributed by atoms with Crippen LogP contribution in [0.1, 0.15) is 63.3 Å². The standard InChI is InChI=1S/C11H14ClNO2.C8H8ClNO2.C3H7I.2CH4/c1-7(2)13-10-5-4-8(6-9(10)12)11(14)15-3;1-12-8(11)5-2-3-7(10)6(9)4-5;1-3(2)4;;/h4-7,13H,1-3H3;2-4H,10H2,1H3;3H,1-2H3;2*1H4. The van der Waals surface area contributed by atoms with Crippen LogP contribution in [-0.2, 0) is 9.47 Å². The molecule has 0 unspecified atom stereocenters. The Bertz CT molecular complexity index is 860. The number of nitrogen functional groups attached to an aromatic ring is 1. The molecule has 0 saturated carbocycles. The Balaban J connectivity index is -0.000000452.